The molecule has 6 rings (SSSR count). The molecule has 2 aromatic carbocycles. The summed E-state index contributed by atoms with van der Waals surface area (Å²) in [4.78, 5) is 23.6. The number of benzene rings is 2. The first-order valence-electron chi connectivity index (χ1n) is 28.7. The second kappa shape index (κ2) is 26.1. The second-order valence-corrected chi connectivity index (χ2v) is 47.0. The Morgan fingerprint density at radius 3 is 1.44 bits per heavy atom. The number of carbonyl (C=O) groups is 2. The Morgan fingerprint density at radius 2 is 1.01 bits per heavy atom. The summed E-state index contributed by atoms with van der Waals surface area (Å²) < 4.78 is 51.2. The number of para-hydroxylation sites is 2. The van der Waals surface area contributed by atoms with Crippen LogP contribution in [0.25, 0.3) is 0 Å². The predicted octanol–water partition coefficient (Wildman–Crippen LogP) is 15.6. The zero-order valence-electron chi connectivity index (χ0n) is 52.2. The molecule has 0 unspecified atom stereocenters. The summed E-state index contributed by atoms with van der Waals surface area (Å²) in [6, 6.07) is 14.5. The Balaban J connectivity index is 0.000000316. The highest BCUT2D eigenvalue weighted by Crippen LogP contribution is 2.56. The molecule has 2 heterocycles. The fraction of sp³-hybridized carbons (Fsp3) is 0.726. The zero-order valence-corrected chi connectivity index (χ0v) is 56.2. The Labute approximate surface area is 471 Å². The van der Waals surface area contributed by atoms with Gasteiger partial charge in [0.05, 0.1) is 37.1 Å². The molecule has 0 N–H and O–H groups in total. The molecule has 11 nitrogen and oxygen atoms in total. The van der Waals surface area contributed by atoms with Crippen LogP contribution in [0.1, 0.15) is 170 Å². The first-order chi connectivity index (χ1) is 35.4. The maximum atomic E-state index is 11.8. The van der Waals surface area contributed by atoms with E-state index in [1.54, 1.807) is 13.0 Å². The molecule has 4 aliphatic rings. The van der Waals surface area contributed by atoms with Crippen LogP contribution in [-0.2, 0) is 43.2 Å². The number of esters is 2. The van der Waals surface area contributed by atoms with Crippen LogP contribution < -0.4 is 9.47 Å². The predicted molar refractivity (Wildman–Crippen MR) is 323 cm³/mol. The van der Waals surface area contributed by atoms with Gasteiger partial charge in [-0.15, -0.1) is 0 Å². The molecule has 0 amide bonds. The number of nitrogens with zero attached hydrogens (tertiary/aromatic N) is 1. The Bertz CT molecular complexity index is 2410. The van der Waals surface area contributed by atoms with E-state index in [0.29, 0.717) is 32.8 Å². The summed E-state index contributed by atoms with van der Waals surface area (Å²) in [5.74, 6) is 8.57. The highest BCUT2D eigenvalue weighted by atomic mass is 28.4. The molecule has 432 valence electrons. The van der Waals surface area contributed by atoms with Crippen molar-refractivity contribution in [1.29, 1.82) is 5.26 Å². The van der Waals surface area contributed by atoms with Crippen molar-refractivity contribution in [3.8, 4) is 29.4 Å². The molecule has 2 aliphatic heterocycles. The molecule has 77 heavy (non-hydrogen) atoms. The number of hydrogen-bond donors (Lipinski definition) is 0. The Kier molecular flexibility index (Phi) is 22.5. The third kappa shape index (κ3) is 16.5. The van der Waals surface area contributed by atoms with Crippen LogP contribution in [0.4, 0.5) is 0 Å². The van der Waals surface area contributed by atoms with Crippen molar-refractivity contribution in [2.45, 2.75) is 251 Å². The third-order valence-electron chi connectivity index (χ3n) is 18.3. The fourth-order valence-corrected chi connectivity index (χ4v) is 14.5. The summed E-state index contributed by atoms with van der Waals surface area (Å²) in [6.07, 6.45) is 4.26. The quantitative estimate of drug-likeness (QED) is 0.0852. The monoisotopic (exact) mass is 1130 g/mol. The molecule has 2 aliphatic carbocycles. The molecule has 2 aromatic rings. The summed E-state index contributed by atoms with van der Waals surface area (Å²) in [6.45, 7) is 53.5. The zero-order chi connectivity index (χ0) is 58.3. The van der Waals surface area contributed by atoms with Gasteiger partial charge in [0.25, 0.3) is 0 Å². The van der Waals surface area contributed by atoms with Gasteiger partial charge in [-0.1, -0.05) is 125 Å². The molecule has 0 saturated heterocycles. The second-order valence-electron chi connectivity index (χ2n) is 27.9. The van der Waals surface area contributed by atoms with Gasteiger partial charge >= 0.3 is 11.9 Å². The molecule has 2 fully saturated rings. The summed E-state index contributed by atoms with van der Waals surface area (Å²) in [7, 11) is -7.77. The normalized spacial score (nSPS) is 22.9. The average Bonchev–Trinajstić information content (AvgIpc) is 4.02. The van der Waals surface area contributed by atoms with E-state index >= 15 is 0 Å². The first kappa shape index (κ1) is 66.3. The molecule has 15 heteroatoms. The van der Waals surface area contributed by atoms with Crippen LogP contribution in [-0.4, -0.2) is 96.1 Å². The topological polar surface area (TPSA) is 132 Å². The standard InChI is InChI=1S/C30H52O5Si2.C30H48O5Si2.C2H3N/c2*1-12-32-26(31)18-14-16-21-15-13-17-22-27-23(20-33-36(8,9)29(2,3)4)24(19-25(27)34-28(21)22)35-37(10,11)30(5,6)7;1-2-3/h13,15,17,23-25,27H,12,14,16,18-20H2,1-11H3;13,15,17,23-25,27H,12,18-20H2,1-11H3;1H3/t2*23-,24+,25-,27+;/m00./s1. The van der Waals surface area contributed by atoms with Crippen molar-refractivity contribution in [1.82, 2.24) is 0 Å². The van der Waals surface area contributed by atoms with Gasteiger partial charge in [-0.3, -0.25) is 9.59 Å². The van der Waals surface area contributed by atoms with E-state index in [0.717, 1.165) is 42.7 Å². The van der Waals surface area contributed by atoms with Gasteiger partial charge in [0, 0.05) is 74.2 Å². The maximum Gasteiger partial charge on any atom is 0.317 e. The van der Waals surface area contributed by atoms with Crippen molar-refractivity contribution in [3.05, 3.63) is 58.7 Å². The van der Waals surface area contributed by atoms with E-state index in [1.807, 2.05) is 19.1 Å². The van der Waals surface area contributed by atoms with E-state index in [-0.39, 0.29) is 86.6 Å². The summed E-state index contributed by atoms with van der Waals surface area (Å²) in [5, 5.41) is 7.92. The minimum absolute atomic E-state index is 0.0470. The largest absolute Gasteiger partial charge is 0.489 e. The molecule has 0 bridgehead atoms. The van der Waals surface area contributed by atoms with E-state index in [1.165, 1.54) is 23.6 Å². The van der Waals surface area contributed by atoms with Crippen LogP contribution in [0.2, 0.25) is 72.5 Å². The van der Waals surface area contributed by atoms with Gasteiger partial charge in [-0.05, 0) is 111 Å². The summed E-state index contributed by atoms with van der Waals surface area (Å²) >= 11 is 0. The Hall–Kier alpha value is -3.26. The van der Waals surface area contributed by atoms with Gasteiger partial charge < -0.3 is 36.7 Å². The number of fused-ring (bicyclic) bond motifs is 6. The molecule has 2 saturated carbocycles. The number of ether oxygens (including phenoxy) is 4. The minimum Gasteiger partial charge on any atom is -0.489 e. The minimum atomic E-state index is -1.97. The maximum absolute atomic E-state index is 11.8. The summed E-state index contributed by atoms with van der Waals surface area (Å²) in [5.41, 5.74) is 4.52. The molecule has 0 radical (unpaired) electrons. The van der Waals surface area contributed by atoms with Crippen molar-refractivity contribution in [2.75, 3.05) is 26.4 Å². The SMILES string of the molecule is CC#N.CCOC(=O)CC#Cc1cccc2c1O[C@H]1C[C@@H](O[Si](C)(C)C(C)(C)C)[C@H](CO[Si](C)(C)C(C)(C)C)[C@@H]21.CCOC(=O)CCCc1cccc2c1O[C@H]1C[C@@H](O[Si](C)(C)C(C)(C)C)[C@H](CO[Si](C)(C)C(C)(C)C)[C@@H]21. The van der Waals surface area contributed by atoms with E-state index in [9.17, 15) is 9.59 Å². The molecular weight excluding hydrogens is 1030 g/mol. The third-order valence-corrected chi connectivity index (χ3v) is 36.3. The molecule has 8 atom stereocenters. The highest BCUT2D eigenvalue weighted by Gasteiger charge is 2.56. The number of aryl methyl sites for hydroxylation is 1. The van der Waals surface area contributed by atoms with Crippen LogP contribution in [0.3, 0.4) is 0 Å². The van der Waals surface area contributed by atoms with Crippen molar-refractivity contribution in [2.24, 2.45) is 11.8 Å². The lowest BCUT2D eigenvalue weighted by atomic mass is 9.87. The number of nitriles is 1. The van der Waals surface area contributed by atoms with Gasteiger partial charge in [0.1, 0.15) is 30.1 Å². The van der Waals surface area contributed by atoms with Gasteiger partial charge in [-0.25, -0.2) is 0 Å². The van der Waals surface area contributed by atoms with Gasteiger partial charge in [-0.2, -0.15) is 5.26 Å². The van der Waals surface area contributed by atoms with Crippen molar-refractivity contribution < 1.29 is 46.2 Å². The smallest absolute Gasteiger partial charge is 0.317 e. The van der Waals surface area contributed by atoms with Crippen molar-refractivity contribution >= 4 is 45.2 Å². The van der Waals surface area contributed by atoms with Crippen LogP contribution >= 0.6 is 0 Å². The lowest BCUT2D eigenvalue weighted by molar-refractivity contribution is -0.143. The van der Waals surface area contributed by atoms with Crippen LogP contribution in [0, 0.1) is 35.0 Å². The van der Waals surface area contributed by atoms with E-state index < -0.39 is 33.3 Å². The fourth-order valence-electron chi connectivity index (χ4n) is 9.70. The number of rotatable bonds is 17. The van der Waals surface area contributed by atoms with E-state index in [4.69, 9.17) is 41.9 Å². The Morgan fingerprint density at radius 1 is 0.610 bits per heavy atom. The average molecular weight is 1130 g/mol. The lowest BCUT2D eigenvalue weighted by Crippen LogP contribution is -2.47. The van der Waals surface area contributed by atoms with Gasteiger partial charge in [0.15, 0.2) is 33.3 Å². The van der Waals surface area contributed by atoms with Gasteiger partial charge in [0.2, 0.25) is 0 Å². The lowest BCUT2D eigenvalue weighted by Gasteiger charge is -2.42. The number of hydrogen-bond acceptors (Lipinski definition) is 11. The van der Waals surface area contributed by atoms with Crippen molar-refractivity contribution in [3.63, 3.8) is 0 Å². The molecule has 0 aromatic heterocycles. The van der Waals surface area contributed by atoms with Crippen LogP contribution in [0.5, 0.6) is 11.5 Å². The number of carbonyl (C=O) groups excluding carboxylic acids is 2. The molecular formula is C62H103NO10Si4. The van der Waals surface area contributed by atoms with E-state index in [2.05, 4.69) is 172 Å². The first-order valence-corrected chi connectivity index (χ1v) is 40.3. The molecule has 0 spiro atoms. The van der Waals surface area contributed by atoms with Crippen LogP contribution in [0.15, 0.2) is 36.4 Å². The highest BCUT2D eigenvalue weighted by molar-refractivity contribution is 6.75.